The smallest absolute Gasteiger partial charge is 0.340 e. The number of amides is 1. The Morgan fingerprint density at radius 2 is 1.72 bits per heavy atom. The molecule has 0 N–H and O–H groups in total. The van der Waals surface area contributed by atoms with Gasteiger partial charge in [-0.05, 0) is 36.6 Å². The SMILES string of the molecule is Cc1coc2cc3oc(=O)c(CC(=O)N4CCN(Cc5ccccc5)CC4)c(C)c3cc12. The van der Waals surface area contributed by atoms with Crippen LogP contribution in [0.2, 0.25) is 0 Å². The van der Waals surface area contributed by atoms with Crippen molar-refractivity contribution in [2.24, 2.45) is 0 Å². The Morgan fingerprint density at radius 1 is 0.969 bits per heavy atom. The molecule has 6 heteroatoms. The van der Waals surface area contributed by atoms with E-state index in [1.807, 2.05) is 43.0 Å². The van der Waals surface area contributed by atoms with E-state index in [2.05, 4.69) is 17.0 Å². The van der Waals surface area contributed by atoms with Crippen LogP contribution in [-0.4, -0.2) is 41.9 Å². The van der Waals surface area contributed by atoms with E-state index in [1.54, 1.807) is 12.3 Å². The quantitative estimate of drug-likeness (QED) is 0.457. The normalized spacial score (nSPS) is 15.0. The summed E-state index contributed by atoms with van der Waals surface area (Å²) < 4.78 is 11.1. The molecule has 32 heavy (non-hydrogen) atoms. The summed E-state index contributed by atoms with van der Waals surface area (Å²) >= 11 is 0. The van der Waals surface area contributed by atoms with Crippen LogP contribution in [-0.2, 0) is 17.8 Å². The first kappa shape index (κ1) is 20.5. The fourth-order valence-electron chi connectivity index (χ4n) is 4.50. The first-order chi connectivity index (χ1) is 15.5. The number of carbonyl (C=O) groups is 1. The third-order valence-electron chi connectivity index (χ3n) is 6.48. The van der Waals surface area contributed by atoms with E-state index in [-0.39, 0.29) is 12.3 Å². The van der Waals surface area contributed by atoms with Gasteiger partial charge in [-0.3, -0.25) is 9.69 Å². The third kappa shape index (κ3) is 3.82. The Balaban J connectivity index is 1.32. The molecule has 0 unspecified atom stereocenters. The average Bonchev–Trinajstić information content (AvgIpc) is 3.16. The number of hydrogen-bond acceptors (Lipinski definition) is 5. The highest BCUT2D eigenvalue weighted by Crippen LogP contribution is 2.29. The summed E-state index contributed by atoms with van der Waals surface area (Å²) in [5.74, 6) is -0.0281. The van der Waals surface area contributed by atoms with Gasteiger partial charge in [0.05, 0.1) is 18.2 Å². The van der Waals surface area contributed by atoms with Gasteiger partial charge in [0.15, 0.2) is 0 Å². The van der Waals surface area contributed by atoms with E-state index in [1.165, 1.54) is 5.56 Å². The molecule has 0 atom stereocenters. The summed E-state index contributed by atoms with van der Waals surface area (Å²) in [5.41, 5.74) is 4.27. The lowest BCUT2D eigenvalue weighted by molar-refractivity contribution is -0.132. The third-order valence-corrected chi connectivity index (χ3v) is 6.48. The minimum absolute atomic E-state index is 0.0281. The summed E-state index contributed by atoms with van der Waals surface area (Å²) in [7, 11) is 0. The van der Waals surface area contributed by atoms with Crippen LogP contribution in [0.4, 0.5) is 0 Å². The molecule has 1 amide bonds. The predicted molar refractivity (Wildman–Crippen MR) is 124 cm³/mol. The lowest BCUT2D eigenvalue weighted by atomic mass is 10.0. The molecule has 2 aromatic heterocycles. The molecule has 1 saturated heterocycles. The number of fused-ring (bicyclic) bond motifs is 2. The molecule has 2 aromatic carbocycles. The Hall–Kier alpha value is -3.38. The molecule has 0 aliphatic carbocycles. The molecule has 1 aliphatic heterocycles. The number of nitrogens with zero attached hydrogens (tertiary/aromatic N) is 2. The topological polar surface area (TPSA) is 66.9 Å². The van der Waals surface area contributed by atoms with Gasteiger partial charge < -0.3 is 13.7 Å². The second kappa shape index (κ2) is 8.28. The van der Waals surface area contributed by atoms with Crippen molar-refractivity contribution in [3.63, 3.8) is 0 Å². The van der Waals surface area contributed by atoms with Crippen molar-refractivity contribution in [2.45, 2.75) is 26.8 Å². The summed E-state index contributed by atoms with van der Waals surface area (Å²) in [6.45, 7) is 7.73. The van der Waals surface area contributed by atoms with Crippen LogP contribution in [0.3, 0.4) is 0 Å². The van der Waals surface area contributed by atoms with Gasteiger partial charge in [0.25, 0.3) is 0 Å². The van der Waals surface area contributed by atoms with Crippen LogP contribution in [0, 0.1) is 13.8 Å². The fourth-order valence-corrected chi connectivity index (χ4v) is 4.50. The predicted octanol–water partition coefficient (Wildman–Crippen LogP) is 4.04. The largest absolute Gasteiger partial charge is 0.464 e. The molecule has 164 valence electrons. The maximum absolute atomic E-state index is 13.0. The summed E-state index contributed by atoms with van der Waals surface area (Å²) in [6.07, 6.45) is 1.75. The Morgan fingerprint density at radius 3 is 2.47 bits per heavy atom. The molecule has 1 fully saturated rings. The maximum atomic E-state index is 13.0. The molecule has 0 bridgehead atoms. The number of rotatable bonds is 4. The van der Waals surface area contributed by atoms with Crippen molar-refractivity contribution < 1.29 is 13.6 Å². The lowest BCUT2D eigenvalue weighted by Crippen LogP contribution is -2.49. The number of aryl methyl sites for hydroxylation is 2. The number of carbonyl (C=O) groups excluding carboxylic acids is 1. The van der Waals surface area contributed by atoms with Crippen molar-refractivity contribution in [3.8, 4) is 0 Å². The average molecular weight is 431 g/mol. The fraction of sp³-hybridized carbons (Fsp3) is 0.308. The molecule has 4 aromatic rings. The zero-order valence-corrected chi connectivity index (χ0v) is 18.4. The Kier molecular flexibility index (Phi) is 5.31. The van der Waals surface area contributed by atoms with Crippen molar-refractivity contribution in [2.75, 3.05) is 26.2 Å². The van der Waals surface area contributed by atoms with Crippen LogP contribution < -0.4 is 5.63 Å². The van der Waals surface area contributed by atoms with Gasteiger partial charge in [-0.25, -0.2) is 4.79 Å². The second-order valence-corrected chi connectivity index (χ2v) is 8.58. The van der Waals surface area contributed by atoms with Crippen molar-refractivity contribution >= 4 is 27.8 Å². The summed E-state index contributed by atoms with van der Waals surface area (Å²) in [6, 6.07) is 14.1. The molecule has 0 saturated carbocycles. The van der Waals surface area contributed by atoms with Crippen molar-refractivity contribution in [1.82, 2.24) is 9.80 Å². The monoisotopic (exact) mass is 430 g/mol. The lowest BCUT2D eigenvalue weighted by Gasteiger charge is -2.34. The van der Waals surface area contributed by atoms with Crippen molar-refractivity contribution in [3.05, 3.63) is 81.4 Å². The van der Waals surface area contributed by atoms with Gasteiger partial charge in [0.2, 0.25) is 5.91 Å². The first-order valence-corrected chi connectivity index (χ1v) is 11.0. The van der Waals surface area contributed by atoms with Gasteiger partial charge in [-0.15, -0.1) is 0 Å². The van der Waals surface area contributed by atoms with Gasteiger partial charge in [-0.1, -0.05) is 30.3 Å². The van der Waals surface area contributed by atoms with E-state index >= 15 is 0 Å². The molecular weight excluding hydrogens is 404 g/mol. The van der Waals surface area contributed by atoms with Gasteiger partial charge in [0.1, 0.15) is 11.2 Å². The minimum Gasteiger partial charge on any atom is -0.464 e. The van der Waals surface area contributed by atoms with Crippen molar-refractivity contribution in [1.29, 1.82) is 0 Å². The van der Waals surface area contributed by atoms with E-state index in [9.17, 15) is 9.59 Å². The van der Waals surface area contributed by atoms with Crippen LogP contribution in [0.25, 0.3) is 21.9 Å². The number of benzene rings is 2. The zero-order valence-electron chi connectivity index (χ0n) is 18.4. The van der Waals surface area contributed by atoms with E-state index < -0.39 is 5.63 Å². The van der Waals surface area contributed by atoms with Crippen LogP contribution in [0.5, 0.6) is 0 Å². The standard InChI is InChI=1S/C26H26N2O4/c1-17-16-31-23-14-24-21(12-20(17)23)18(2)22(26(30)32-24)13-25(29)28-10-8-27(9-11-28)15-19-6-4-3-5-7-19/h3-7,12,14,16H,8-11,13,15H2,1-2H3. The highest BCUT2D eigenvalue weighted by molar-refractivity contribution is 5.96. The molecule has 3 heterocycles. The highest BCUT2D eigenvalue weighted by atomic mass is 16.4. The molecule has 6 nitrogen and oxygen atoms in total. The molecular formula is C26H26N2O4. The molecule has 1 aliphatic rings. The maximum Gasteiger partial charge on any atom is 0.340 e. The number of piperazine rings is 1. The van der Waals surface area contributed by atoms with Gasteiger partial charge in [0, 0.05) is 49.6 Å². The van der Waals surface area contributed by atoms with Crippen LogP contribution in [0.15, 0.2) is 62.4 Å². The van der Waals surface area contributed by atoms with Crippen LogP contribution in [0.1, 0.15) is 22.3 Å². The molecule has 0 radical (unpaired) electrons. The number of hydrogen-bond donors (Lipinski definition) is 0. The minimum atomic E-state index is -0.450. The molecule has 5 rings (SSSR count). The van der Waals surface area contributed by atoms with E-state index in [4.69, 9.17) is 8.83 Å². The van der Waals surface area contributed by atoms with E-state index in [0.717, 1.165) is 41.5 Å². The Labute approximate surface area is 186 Å². The number of furan rings is 1. The summed E-state index contributed by atoms with van der Waals surface area (Å²) in [5, 5.41) is 1.83. The van der Waals surface area contributed by atoms with E-state index in [0.29, 0.717) is 29.8 Å². The first-order valence-electron chi connectivity index (χ1n) is 11.0. The van der Waals surface area contributed by atoms with Gasteiger partial charge in [-0.2, -0.15) is 0 Å². The second-order valence-electron chi connectivity index (χ2n) is 8.58. The zero-order chi connectivity index (χ0) is 22.2. The van der Waals surface area contributed by atoms with Crippen LogP contribution >= 0.6 is 0 Å². The summed E-state index contributed by atoms with van der Waals surface area (Å²) in [4.78, 5) is 29.9. The molecule has 0 spiro atoms. The Bertz CT molecular complexity index is 1350. The van der Waals surface area contributed by atoms with Gasteiger partial charge >= 0.3 is 5.63 Å². The highest BCUT2D eigenvalue weighted by Gasteiger charge is 2.24.